The number of hydrogen-bond donors (Lipinski definition) is 2. The molecule has 1 unspecified atom stereocenters. The van der Waals surface area contributed by atoms with Crippen molar-refractivity contribution in [3.8, 4) is 0 Å². The first-order chi connectivity index (χ1) is 16.2. The van der Waals surface area contributed by atoms with Crippen LogP contribution in [0.3, 0.4) is 0 Å². The highest BCUT2D eigenvalue weighted by molar-refractivity contribution is 5.76. The van der Waals surface area contributed by atoms with Crippen LogP contribution in [-0.4, -0.2) is 62.1 Å². The third-order valence-electron chi connectivity index (χ3n) is 5.83. The van der Waals surface area contributed by atoms with Gasteiger partial charge < -0.3 is 20.3 Å². The molecule has 190 valence electrons. The first-order valence-electron chi connectivity index (χ1n) is 13.2. The number of unbranched alkanes of at least 4 members (excludes halogenated alkanes) is 6. The zero-order valence-electron chi connectivity index (χ0n) is 21.3. The summed E-state index contributed by atoms with van der Waals surface area (Å²) in [6, 6.07) is 0. The Hall–Kier alpha value is -1.66. The van der Waals surface area contributed by atoms with Gasteiger partial charge in [-0.2, -0.15) is 0 Å². The smallest absolute Gasteiger partial charge is 0.219 e. The number of epoxide rings is 1. The number of nitrogens with zero attached hydrogens (tertiary/aromatic N) is 1. The van der Waals surface area contributed by atoms with Crippen LogP contribution in [0, 0.1) is 0 Å². The molecule has 1 atom stereocenters. The summed E-state index contributed by atoms with van der Waals surface area (Å²) in [4.78, 5) is 26.4. The molecule has 1 heterocycles. The summed E-state index contributed by atoms with van der Waals surface area (Å²) in [7, 11) is 0. The number of amides is 2. The SMILES string of the molecule is C/C=C/CCCCCC(=O)NCCCN(CCCNC(=O)CCCCC/C=C/C)CC1CO1. The van der Waals surface area contributed by atoms with Crippen LogP contribution in [0.5, 0.6) is 0 Å². The van der Waals surface area contributed by atoms with Gasteiger partial charge in [-0.15, -0.1) is 0 Å². The van der Waals surface area contributed by atoms with Crippen LogP contribution >= 0.6 is 0 Å². The molecule has 1 saturated heterocycles. The molecule has 2 N–H and O–H groups in total. The molecular formula is C27H49N3O3. The lowest BCUT2D eigenvalue weighted by Gasteiger charge is -2.21. The van der Waals surface area contributed by atoms with Crippen LogP contribution in [0.4, 0.5) is 0 Å². The molecule has 0 saturated carbocycles. The molecule has 0 bridgehead atoms. The van der Waals surface area contributed by atoms with Crippen molar-refractivity contribution < 1.29 is 14.3 Å². The zero-order valence-corrected chi connectivity index (χ0v) is 21.3. The summed E-state index contributed by atoms with van der Waals surface area (Å²) in [6.45, 7) is 9.23. The predicted octanol–water partition coefficient (Wildman–Crippen LogP) is 4.75. The quantitative estimate of drug-likeness (QED) is 0.138. The van der Waals surface area contributed by atoms with Crippen molar-refractivity contribution in [2.45, 2.75) is 97.0 Å². The van der Waals surface area contributed by atoms with Gasteiger partial charge in [0.25, 0.3) is 0 Å². The maximum absolute atomic E-state index is 12.0. The zero-order chi connectivity index (χ0) is 24.0. The van der Waals surface area contributed by atoms with Crippen LogP contribution in [0.1, 0.15) is 90.9 Å². The van der Waals surface area contributed by atoms with Crippen molar-refractivity contribution in [1.82, 2.24) is 15.5 Å². The van der Waals surface area contributed by atoms with E-state index in [1.807, 2.05) is 13.8 Å². The van der Waals surface area contributed by atoms with E-state index in [9.17, 15) is 9.59 Å². The number of hydrogen-bond acceptors (Lipinski definition) is 4. The van der Waals surface area contributed by atoms with Crippen LogP contribution in [0.2, 0.25) is 0 Å². The van der Waals surface area contributed by atoms with E-state index in [0.717, 1.165) is 104 Å². The largest absolute Gasteiger partial charge is 0.372 e. The Morgan fingerprint density at radius 3 is 1.70 bits per heavy atom. The highest BCUT2D eigenvalue weighted by Crippen LogP contribution is 2.11. The summed E-state index contributed by atoms with van der Waals surface area (Å²) >= 11 is 0. The Kier molecular flexibility index (Phi) is 18.6. The van der Waals surface area contributed by atoms with E-state index in [4.69, 9.17) is 4.74 Å². The molecule has 0 aromatic carbocycles. The topological polar surface area (TPSA) is 74.0 Å². The van der Waals surface area contributed by atoms with E-state index in [2.05, 4.69) is 39.8 Å². The third kappa shape index (κ3) is 19.5. The highest BCUT2D eigenvalue weighted by Gasteiger charge is 2.25. The van der Waals surface area contributed by atoms with Crippen LogP contribution in [0.25, 0.3) is 0 Å². The van der Waals surface area contributed by atoms with E-state index in [0.29, 0.717) is 18.9 Å². The van der Waals surface area contributed by atoms with E-state index < -0.39 is 0 Å². The first-order valence-corrected chi connectivity index (χ1v) is 13.2. The monoisotopic (exact) mass is 463 g/mol. The van der Waals surface area contributed by atoms with Crippen molar-refractivity contribution in [2.24, 2.45) is 0 Å². The van der Waals surface area contributed by atoms with E-state index in [1.54, 1.807) is 0 Å². The summed E-state index contributed by atoms with van der Waals surface area (Å²) in [6.07, 6.45) is 20.7. The van der Waals surface area contributed by atoms with Crippen molar-refractivity contribution in [2.75, 3.05) is 39.3 Å². The van der Waals surface area contributed by atoms with Gasteiger partial charge in [-0.3, -0.25) is 9.59 Å². The van der Waals surface area contributed by atoms with Crippen molar-refractivity contribution in [1.29, 1.82) is 0 Å². The maximum atomic E-state index is 12.0. The Balaban J connectivity index is 2.04. The molecule has 1 rings (SSSR count). The Morgan fingerprint density at radius 1 is 0.788 bits per heavy atom. The molecule has 0 aromatic rings. The van der Waals surface area contributed by atoms with Crippen LogP contribution in [0.15, 0.2) is 24.3 Å². The van der Waals surface area contributed by atoms with Gasteiger partial charge in [-0.05, 0) is 78.3 Å². The van der Waals surface area contributed by atoms with Gasteiger partial charge >= 0.3 is 0 Å². The Morgan fingerprint density at radius 2 is 1.27 bits per heavy atom. The minimum atomic E-state index is 0.169. The van der Waals surface area contributed by atoms with Gasteiger partial charge in [0, 0.05) is 32.5 Å². The normalized spacial score (nSPS) is 15.5. The van der Waals surface area contributed by atoms with E-state index in [1.165, 1.54) is 0 Å². The fraction of sp³-hybridized carbons (Fsp3) is 0.778. The van der Waals surface area contributed by atoms with Gasteiger partial charge in [0.05, 0.1) is 12.7 Å². The van der Waals surface area contributed by atoms with Gasteiger partial charge in [0.1, 0.15) is 0 Å². The average Bonchev–Trinajstić information content (AvgIpc) is 3.62. The molecule has 0 aliphatic carbocycles. The number of carbonyl (C=O) groups excluding carboxylic acids is 2. The Bertz CT molecular complexity index is 517. The standard InChI is InChI=1S/C27H49N3O3/c1-3-5-7-9-11-13-17-26(31)28-19-15-21-30(23-25-24-33-25)22-16-20-29-27(32)18-14-12-10-8-6-4-2/h3-6,25H,7-24H2,1-2H3,(H,28,31)(H,29,32)/b5-3+,6-4+. The Labute approximate surface area is 202 Å². The van der Waals surface area contributed by atoms with Crippen molar-refractivity contribution >= 4 is 11.8 Å². The molecular weight excluding hydrogens is 414 g/mol. The lowest BCUT2D eigenvalue weighted by Crippen LogP contribution is -2.34. The molecule has 0 aromatic heterocycles. The number of rotatable bonds is 22. The second-order valence-corrected chi connectivity index (χ2v) is 9.00. The van der Waals surface area contributed by atoms with Gasteiger partial charge in [0.2, 0.25) is 11.8 Å². The minimum absolute atomic E-state index is 0.169. The second kappa shape index (κ2) is 20.9. The first kappa shape index (κ1) is 29.4. The minimum Gasteiger partial charge on any atom is -0.372 e. The van der Waals surface area contributed by atoms with Crippen molar-refractivity contribution in [3.05, 3.63) is 24.3 Å². The molecule has 1 fully saturated rings. The molecule has 1 aliphatic heterocycles. The molecule has 33 heavy (non-hydrogen) atoms. The van der Waals surface area contributed by atoms with Crippen LogP contribution < -0.4 is 10.6 Å². The summed E-state index contributed by atoms with van der Waals surface area (Å²) in [5.41, 5.74) is 0. The summed E-state index contributed by atoms with van der Waals surface area (Å²) in [5.74, 6) is 0.338. The van der Waals surface area contributed by atoms with Gasteiger partial charge in [-0.1, -0.05) is 37.1 Å². The molecule has 0 radical (unpaired) electrons. The molecule has 1 aliphatic rings. The average molecular weight is 464 g/mol. The number of carbonyl (C=O) groups is 2. The number of ether oxygens (including phenoxy) is 1. The molecule has 2 amide bonds. The third-order valence-corrected chi connectivity index (χ3v) is 5.83. The number of nitrogens with one attached hydrogen (secondary N) is 2. The number of allylic oxidation sites excluding steroid dienone is 4. The highest BCUT2D eigenvalue weighted by atomic mass is 16.6. The fourth-order valence-electron chi connectivity index (χ4n) is 3.78. The van der Waals surface area contributed by atoms with Crippen LogP contribution in [-0.2, 0) is 14.3 Å². The lowest BCUT2D eigenvalue weighted by atomic mass is 10.1. The lowest BCUT2D eigenvalue weighted by molar-refractivity contribution is -0.122. The van der Waals surface area contributed by atoms with Gasteiger partial charge in [-0.25, -0.2) is 0 Å². The van der Waals surface area contributed by atoms with Gasteiger partial charge in [0.15, 0.2) is 0 Å². The molecule has 6 heteroatoms. The second-order valence-electron chi connectivity index (χ2n) is 9.00. The predicted molar refractivity (Wildman–Crippen MR) is 137 cm³/mol. The maximum Gasteiger partial charge on any atom is 0.219 e. The summed E-state index contributed by atoms with van der Waals surface area (Å²) in [5, 5.41) is 6.11. The molecule has 0 spiro atoms. The van der Waals surface area contributed by atoms with Crippen molar-refractivity contribution in [3.63, 3.8) is 0 Å². The summed E-state index contributed by atoms with van der Waals surface area (Å²) < 4.78 is 5.40. The van der Waals surface area contributed by atoms with E-state index in [-0.39, 0.29) is 11.8 Å². The van der Waals surface area contributed by atoms with E-state index >= 15 is 0 Å². The fourth-order valence-corrected chi connectivity index (χ4v) is 3.78. The molecule has 6 nitrogen and oxygen atoms in total.